The standard InChI is InChI=1S/C16H30N2O2.ClH/c1-3-8-12(17)15(19)18-13-11-14(20-4-2)16(13)9-6-5-7-10-16;/h12-14H,3-11,17H2,1-2H3,(H,18,19);1H. The van der Waals surface area contributed by atoms with Crippen LogP contribution >= 0.6 is 12.4 Å². The summed E-state index contributed by atoms with van der Waals surface area (Å²) < 4.78 is 5.91. The molecular formula is C16H31ClN2O2. The van der Waals surface area contributed by atoms with E-state index >= 15 is 0 Å². The van der Waals surface area contributed by atoms with Crippen molar-refractivity contribution in [1.82, 2.24) is 5.32 Å². The van der Waals surface area contributed by atoms with Gasteiger partial charge in [0.25, 0.3) is 0 Å². The van der Waals surface area contributed by atoms with Crippen LogP contribution in [0.2, 0.25) is 0 Å². The number of hydrogen-bond donors (Lipinski definition) is 2. The fraction of sp³-hybridized carbons (Fsp3) is 0.938. The van der Waals surface area contributed by atoms with Crippen LogP contribution in [0.5, 0.6) is 0 Å². The van der Waals surface area contributed by atoms with Crippen LogP contribution in [0, 0.1) is 5.41 Å². The lowest BCUT2D eigenvalue weighted by Crippen LogP contribution is -2.66. The van der Waals surface area contributed by atoms with Gasteiger partial charge < -0.3 is 15.8 Å². The molecule has 124 valence electrons. The molecule has 21 heavy (non-hydrogen) atoms. The van der Waals surface area contributed by atoms with Crippen molar-refractivity contribution in [3.8, 4) is 0 Å². The van der Waals surface area contributed by atoms with Crippen molar-refractivity contribution in [3.05, 3.63) is 0 Å². The van der Waals surface area contributed by atoms with Gasteiger partial charge in [-0.15, -0.1) is 12.4 Å². The average Bonchev–Trinajstić information content (AvgIpc) is 2.47. The Kier molecular flexibility index (Phi) is 7.45. The van der Waals surface area contributed by atoms with Crippen LogP contribution in [0.1, 0.15) is 65.2 Å². The van der Waals surface area contributed by atoms with E-state index < -0.39 is 0 Å². The molecule has 3 atom stereocenters. The van der Waals surface area contributed by atoms with Crippen LogP contribution < -0.4 is 11.1 Å². The third kappa shape index (κ3) is 3.91. The highest BCUT2D eigenvalue weighted by Gasteiger charge is 2.56. The lowest BCUT2D eigenvalue weighted by Gasteiger charge is -2.57. The summed E-state index contributed by atoms with van der Waals surface area (Å²) in [5.41, 5.74) is 6.11. The number of amides is 1. The molecule has 5 heteroatoms. The second-order valence-electron chi connectivity index (χ2n) is 6.43. The normalized spacial score (nSPS) is 28.3. The predicted molar refractivity (Wildman–Crippen MR) is 87.6 cm³/mol. The maximum atomic E-state index is 12.1. The van der Waals surface area contributed by atoms with Crippen molar-refractivity contribution >= 4 is 18.3 Å². The van der Waals surface area contributed by atoms with Gasteiger partial charge in [0.1, 0.15) is 0 Å². The van der Waals surface area contributed by atoms with Crippen molar-refractivity contribution in [2.75, 3.05) is 6.61 Å². The summed E-state index contributed by atoms with van der Waals surface area (Å²) in [4.78, 5) is 12.1. The van der Waals surface area contributed by atoms with Gasteiger partial charge in [-0.25, -0.2) is 0 Å². The first-order chi connectivity index (χ1) is 9.64. The first-order valence-corrected chi connectivity index (χ1v) is 8.31. The SMILES string of the molecule is CCCC(N)C(=O)NC1CC(OCC)C12CCCCC2.Cl. The van der Waals surface area contributed by atoms with Crippen LogP contribution in [0.3, 0.4) is 0 Å². The molecule has 2 fully saturated rings. The molecule has 2 aliphatic carbocycles. The van der Waals surface area contributed by atoms with E-state index in [0.29, 0.717) is 6.10 Å². The van der Waals surface area contributed by atoms with Gasteiger partial charge in [-0.2, -0.15) is 0 Å². The molecule has 0 aromatic heterocycles. The molecule has 0 aromatic rings. The molecule has 3 N–H and O–H groups in total. The van der Waals surface area contributed by atoms with E-state index in [0.717, 1.165) is 25.9 Å². The van der Waals surface area contributed by atoms with Gasteiger partial charge in [0.2, 0.25) is 5.91 Å². The summed E-state index contributed by atoms with van der Waals surface area (Å²) in [5, 5.41) is 3.21. The van der Waals surface area contributed by atoms with Crippen molar-refractivity contribution in [2.45, 2.75) is 83.4 Å². The Morgan fingerprint density at radius 2 is 2.00 bits per heavy atom. The number of hydrogen-bond acceptors (Lipinski definition) is 3. The molecule has 0 radical (unpaired) electrons. The van der Waals surface area contributed by atoms with Gasteiger partial charge in [0.15, 0.2) is 0 Å². The molecular weight excluding hydrogens is 288 g/mol. The van der Waals surface area contributed by atoms with Crippen LogP contribution in [0.25, 0.3) is 0 Å². The molecule has 3 unspecified atom stereocenters. The Hall–Kier alpha value is -0.320. The summed E-state index contributed by atoms with van der Waals surface area (Å²) in [6, 6.07) is -0.0819. The Balaban J connectivity index is 0.00000220. The van der Waals surface area contributed by atoms with E-state index in [1.807, 2.05) is 0 Å². The second kappa shape index (κ2) is 8.35. The summed E-state index contributed by atoms with van der Waals surface area (Å²) in [6.07, 6.45) is 9.22. The zero-order valence-corrected chi connectivity index (χ0v) is 14.2. The molecule has 2 rings (SSSR count). The molecule has 1 amide bonds. The number of ether oxygens (including phenoxy) is 1. The van der Waals surface area contributed by atoms with Gasteiger partial charge in [-0.3, -0.25) is 4.79 Å². The summed E-state index contributed by atoms with van der Waals surface area (Å²) >= 11 is 0. The van der Waals surface area contributed by atoms with Crippen molar-refractivity contribution in [2.24, 2.45) is 11.1 Å². The van der Waals surface area contributed by atoms with Crippen LogP contribution in [0.4, 0.5) is 0 Å². The molecule has 0 bridgehead atoms. The fourth-order valence-corrected chi connectivity index (χ4v) is 3.99. The summed E-state index contributed by atoms with van der Waals surface area (Å²) in [5.74, 6) is 0.0248. The third-order valence-electron chi connectivity index (χ3n) is 5.19. The number of carbonyl (C=O) groups is 1. The van der Waals surface area contributed by atoms with Gasteiger partial charge in [0, 0.05) is 18.1 Å². The second-order valence-corrected chi connectivity index (χ2v) is 6.43. The molecule has 0 aromatic carbocycles. The molecule has 4 nitrogen and oxygen atoms in total. The number of halogens is 1. The van der Waals surface area contributed by atoms with E-state index in [1.54, 1.807) is 0 Å². The Morgan fingerprint density at radius 1 is 1.33 bits per heavy atom. The zero-order valence-electron chi connectivity index (χ0n) is 13.4. The van der Waals surface area contributed by atoms with Gasteiger partial charge in [0.05, 0.1) is 12.1 Å². The molecule has 0 saturated heterocycles. The van der Waals surface area contributed by atoms with Crippen LogP contribution in [-0.2, 0) is 9.53 Å². The topological polar surface area (TPSA) is 64.4 Å². The van der Waals surface area contributed by atoms with E-state index in [2.05, 4.69) is 19.2 Å². The molecule has 0 heterocycles. The van der Waals surface area contributed by atoms with E-state index in [-0.39, 0.29) is 35.8 Å². The van der Waals surface area contributed by atoms with Gasteiger partial charge in [-0.1, -0.05) is 32.6 Å². The minimum absolute atomic E-state index is 0. The fourth-order valence-electron chi connectivity index (χ4n) is 3.99. The van der Waals surface area contributed by atoms with E-state index in [4.69, 9.17) is 10.5 Å². The molecule has 2 aliphatic rings. The van der Waals surface area contributed by atoms with Crippen molar-refractivity contribution < 1.29 is 9.53 Å². The Morgan fingerprint density at radius 3 is 2.57 bits per heavy atom. The highest BCUT2D eigenvalue weighted by atomic mass is 35.5. The number of carbonyl (C=O) groups excluding carboxylic acids is 1. The average molecular weight is 319 g/mol. The third-order valence-corrected chi connectivity index (χ3v) is 5.19. The number of nitrogens with two attached hydrogens (primary N) is 1. The van der Waals surface area contributed by atoms with Crippen LogP contribution in [0.15, 0.2) is 0 Å². The largest absolute Gasteiger partial charge is 0.378 e. The lowest BCUT2D eigenvalue weighted by atomic mass is 9.55. The highest BCUT2D eigenvalue weighted by Crippen LogP contribution is 2.53. The minimum Gasteiger partial charge on any atom is -0.378 e. The number of nitrogens with one attached hydrogen (secondary N) is 1. The van der Waals surface area contributed by atoms with E-state index in [1.165, 1.54) is 32.1 Å². The predicted octanol–water partition coefficient (Wildman–Crippen LogP) is 2.78. The maximum absolute atomic E-state index is 12.1. The van der Waals surface area contributed by atoms with Gasteiger partial charge >= 0.3 is 0 Å². The van der Waals surface area contributed by atoms with Gasteiger partial charge in [-0.05, 0) is 32.6 Å². The summed E-state index contributed by atoms with van der Waals surface area (Å²) in [6.45, 7) is 4.88. The zero-order chi connectivity index (χ0) is 14.6. The lowest BCUT2D eigenvalue weighted by molar-refractivity contribution is -0.157. The smallest absolute Gasteiger partial charge is 0.237 e. The molecule has 0 aliphatic heterocycles. The van der Waals surface area contributed by atoms with Crippen molar-refractivity contribution in [3.63, 3.8) is 0 Å². The minimum atomic E-state index is -0.355. The van der Waals surface area contributed by atoms with Crippen molar-refractivity contribution in [1.29, 1.82) is 0 Å². The Bertz CT molecular complexity index is 332. The van der Waals surface area contributed by atoms with Crippen LogP contribution in [-0.4, -0.2) is 30.7 Å². The Labute approximate surface area is 135 Å². The highest BCUT2D eigenvalue weighted by molar-refractivity contribution is 5.85. The monoisotopic (exact) mass is 318 g/mol. The van der Waals surface area contributed by atoms with E-state index in [9.17, 15) is 4.79 Å². The molecule has 1 spiro atoms. The first-order valence-electron chi connectivity index (χ1n) is 8.31. The first kappa shape index (κ1) is 18.7. The molecule has 2 saturated carbocycles. The maximum Gasteiger partial charge on any atom is 0.237 e. The summed E-state index contributed by atoms with van der Waals surface area (Å²) in [7, 11) is 0. The number of rotatable bonds is 6. The quantitative estimate of drug-likeness (QED) is 0.791.